The number of benzene rings is 2. The van der Waals surface area contributed by atoms with E-state index in [0.29, 0.717) is 0 Å². The zero-order valence-electron chi connectivity index (χ0n) is 13.5. The van der Waals surface area contributed by atoms with Gasteiger partial charge in [-0.05, 0) is 24.1 Å². The molecule has 4 rings (SSSR count). The van der Waals surface area contributed by atoms with Crippen LogP contribution >= 0.6 is 0 Å². The van der Waals surface area contributed by atoms with E-state index >= 15 is 0 Å². The normalized spacial score (nSPS) is 17.4. The zero-order valence-corrected chi connectivity index (χ0v) is 13.5. The van der Waals surface area contributed by atoms with Crippen molar-refractivity contribution < 1.29 is 4.74 Å². The van der Waals surface area contributed by atoms with Gasteiger partial charge in [-0.1, -0.05) is 48.0 Å². The third-order valence-corrected chi connectivity index (χ3v) is 4.72. The first-order chi connectivity index (χ1) is 11.3. The van der Waals surface area contributed by atoms with Crippen LogP contribution in [-0.2, 0) is 4.74 Å². The Bertz CT molecular complexity index is 785. The van der Waals surface area contributed by atoms with Gasteiger partial charge in [-0.25, -0.2) is 0 Å². The molecule has 3 heteroatoms. The van der Waals surface area contributed by atoms with Crippen molar-refractivity contribution in [2.24, 2.45) is 0 Å². The molecule has 1 fully saturated rings. The molecule has 23 heavy (non-hydrogen) atoms. The minimum Gasteiger partial charge on any atom is -0.379 e. The van der Waals surface area contributed by atoms with Crippen LogP contribution in [0.25, 0.3) is 10.9 Å². The van der Waals surface area contributed by atoms with E-state index in [1.165, 1.54) is 27.6 Å². The van der Waals surface area contributed by atoms with E-state index in [9.17, 15) is 0 Å². The number of aromatic amines is 1. The number of aryl methyl sites for hydroxylation is 1. The monoisotopic (exact) mass is 306 g/mol. The van der Waals surface area contributed by atoms with Gasteiger partial charge in [-0.2, -0.15) is 0 Å². The molecule has 1 aromatic heterocycles. The second-order valence-corrected chi connectivity index (χ2v) is 6.25. The van der Waals surface area contributed by atoms with Crippen molar-refractivity contribution in [3.8, 4) is 0 Å². The molecule has 2 aromatic carbocycles. The summed E-state index contributed by atoms with van der Waals surface area (Å²) < 4.78 is 5.56. The number of aromatic nitrogens is 1. The fourth-order valence-electron chi connectivity index (χ4n) is 3.49. The SMILES string of the molecule is Cc1ccc(C(c2c[nH]c3ccccc23)N2CCOCC2)cc1. The smallest absolute Gasteiger partial charge is 0.0624 e. The quantitative estimate of drug-likeness (QED) is 0.795. The largest absolute Gasteiger partial charge is 0.379 e. The lowest BCUT2D eigenvalue weighted by molar-refractivity contribution is 0.0242. The maximum absolute atomic E-state index is 5.56. The van der Waals surface area contributed by atoms with Gasteiger partial charge in [0.2, 0.25) is 0 Å². The van der Waals surface area contributed by atoms with Crippen molar-refractivity contribution in [2.45, 2.75) is 13.0 Å². The molecule has 0 bridgehead atoms. The van der Waals surface area contributed by atoms with Gasteiger partial charge in [0.25, 0.3) is 0 Å². The maximum atomic E-state index is 5.56. The Hall–Kier alpha value is -2.10. The molecule has 1 saturated heterocycles. The van der Waals surface area contributed by atoms with Gasteiger partial charge in [0.05, 0.1) is 19.3 Å². The molecule has 2 heterocycles. The predicted octanol–water partition coefficient (Wildman–Crippen LogP) is 3.90. The molecule has 3 aromatic rings. The van der Waals surface area contributed by atoms with Crippen molar-refractivity contribution in [1.82, 2.24) is 9.88 Å². The summed E-state index contributed by atoms with van der Waals surface area (Å²) in [5.74, 6) is 0. The molecule has 0 amide bonds. The Morgan fingerprint density at radius 3 is 2.52 bits per heavy atom. The van der Waals surface area contributed by atoms with Crippen molar-refractivity contribution in [3.05, 3.63) is 71.4 Å². The Labute approximate surface area is 136 Å². The number of H-pyrrole nitrogens is 1. The number of para-hydroxylation sites is 1. The van der Waals surface area contributed by atoms with Crippen LogP contribution in [-0.4, -0.2) is 36.2 Å². The van der Waals surface area contributed by atoms with Crippen molar-refractivity contribution in [1.29, 1.82) is 0 Å². The first-order valence-electron chi connectivity index (χ1n) is 8.27. The van der Waals surface area contributed by atoms with E-state index in [4.69, 9.17) is 4.74 Å². The lowest BCUT2D eigenvalue weighted by atomic mass is 9.95. The van der Waals surface area contributed by atoms with Gasteiger partial charge in [0.1, 0.15) is 0 Å². The van der Waals surface area contributed by atoms with Crippen LogP contribution in [0.5, 0.6) is 0 Å². The first kappa shape index (κ1) is 14.5. The van der Waals surface area contributed by atoms with Gasteiger partial charge in [-0.15, -0.1) is 0 Å². The molecule has 3 nitrogen and oxygen atoms in total. The summed E-state index contributed by atoms with van der Waals surface area (Å²) in [7, 11) is 0. The lowest BCUT2D eigenvalue weighted by Gasteiger charge is -2.35. The summed E-state index contributed by atoms with van der Waals surface area (Å²) in [5.41, 5.74) is 5.20. The van der Waals surface area contributed by atoms with Crippen LogP contribution in [0.15, 0.2) is 54.7 Å². The fourth-order valence-corrected chi connectivity index (χ4v) is 3.49. The summed E-state index contributed by atoms with van der Waals surface area (Å²) in [6.45, 7) is 5.70. The maximum Gasteiger partial charge on any atom is 0.0624 e. The molecule has 0 saturated carbocycles. The Morgan fingerprint density at radius 1 is 1.00 bits per heavy atom. The highest BCUT2D eigenvalue weighted by molar-refractivity contribution is 5.84. The highest BCUT2D eigenvalue weighted by atomic mass is 16.5. The van der Waals surface area contributed by atoms with Crippen molar-refractivity contribution in [3.63, 3.8) is 0 Å². The molecule has 1 atom stereocenters. The first-order valence-corrected chi connectivity index (χ1v) is 8.27. The number of hydrogen-bond donors (Lipinski definition) is 1. The molecule has 118 valence electrons. The minimum absolute atomic E-state index is 0.274. The molecule has 1 unspecified atom stereocenters. The van der Waals surface area contributed by atoms with Crippen LogP contribution in [0.3, 0.4) is 0 Å². The number of morpholine rings is 1. The van der Waals surface area contributed by atoms with Crippen LogP contribution in [0.2, 0.25) is 0 Å². The average molecular weight is 306 g/mol. The number of ether oxygens (including phenoxy) is 1. The van der Waals surface area contributed by atoms with Crippen LogP contribution < -0.4 is 0 Å². The van der Waals surface area contributed by atoms with Crippen LogP contribution in [0.1, 0.15) is 22.7 Å². The van der Waals surface area contributed by atoms with Gasteiger partial charge >= 0.3 is 0 Å². The van der Waals surface area contributed by atoms with E-state index in [-0.39, 0.29) is 6.04 Å². The minimum atomic E-state index is 0.274. The Balaban J connectivity index is 1.82. The van der Waals surface area contributed by atoms with Crippen LogP contribution in [0.4, 0.5) is 0 Å². The van der Waals surface area contributed by atoms with E-state index in [1.54, 1.807) is 0 Å². The molecule has 1 aliphatic heterocycles. The number of rotatable bonds is 3. The van der Waals surface area contributed by atoms with Gasteiger partial charge in [0.15, 0.2) is 0 Å². The summed E-state index contributed by atoms with van der Waals surface area (Å²) in [5, 5.41) is 1.31. The second-order valence-electron chi connectivity index (χ2n) is 6.25. The molecule has 0 spiro atoms. The number of nitrogens with one attached hydrogen (secondary N) is 1. The molecule has 1 N–H and O–H groups in total. The number of fused-ring (bicyclic) bond motifs is 1. The summed E-state index contributed by atoms with van der Waals surface area (Å²) in [6.07, 6.45) is 2.17. The Morgan fingerprint density at radius 2 is 1.74 bits per heavy atom. The van der Waals surface area contributed by atoms with E-state index in [1.807, 2.05) is 0 Å². The Kier molecular flexibility index (Phi) is 3.90. The van der Waals surface area contributed by atoms with Crippen molar-refractivity contribution in [2.75, 3.05) is 26.3 Å². The summed E-state index contributed by atoms with van der Waals surface area (Å²) >= 11 is 0. The van der Waals surface area contributed by atoms with E-state index in [2.05, 4.69) is 71.5 Å². The molecule has 0 radical (unpaired) electrons. The van der Waals surface area contributed by atoms with Crippen LogP contribution in [0, 0.1) is 6.92 Å². The van der Waals surface area contributed by atoms with Gasteiger partial charge in [0, 0.05) is 30.2 Å². The highest BCUT2D eigenvalue weighted by Gasteiger charge is 2.26. The standard InChI is InChI=1S/C20H22N2O/c1-15-6-8-16(9-7-15)20(22-10-12-23-13-11-22)18-14-21-19-5-3-2-4-17(18)19/h2-9,14,20-21H,10-13H2,1H3. The van der Waals surface area contributed by atoms with Gasteiger partial charge < -0.3 is 9.72 Å². The topological polar surface area (TPSA) is 28.3 Å². The summed E-state index contributed by atoms with van der Waals surface area (Å²) in [6, 6.07) is 17.8. The summed E-state index contributed by atoms with van der Waals surface area (Å²) in [4.78, 5) is 5.96. The highest BCUT2D eigenvalue weighted by Crippen LogP contribution is 2.34. The average Bonchev–Trinajstić information content (AvgIpc) is 3.02. The molecular weight excluding hydrogens is 284 g/mol. The van der Waals surface area contributed by atoms with E-state index < -0.39 is 0 Å². The molecular formula is C20H22N2O. The fraction of sp³-hybridized carbons (Fsp3) is 0.300. The lowest BCUT2D eigenvalue weighted by Crippen LogP contribution is -2.39. The third-order valence-electron chi connectivity index (χ3n) is 4.72. The number of nitrogens with zero attached hydrogens (tertiary/aromatic N) is 1. The number of hydrogen-bond acceptors (Lipinski definition) is 2. The zero-order chi connectivity index (χ0) is 15.6. The van der Waals surface area contributed by atoms with Crippen molar-refractivity contribution >= 4 is 10.9 Å². The van der Waals surface area contributed by atoms with E-state index in [0.717, 1.165) is 26.3 Å². The second kappa shape index (κ2) is 6.19. The molecule has 0 aliphatic carbocycles. The molecule has 1 aliphatic rings. The predicted molar refractivity (Wildman–Crippen MR) is 93.7 cm³/mol. The third kappa shape index (κ3) is 2.78. The van der Waals surface area contributed by atoms with Gasteiger partial charge in [-0.3, -0.25) is 4.90 Å².